The van der Waals surface area contributed by atoms with Crippen LogP contribution in [0.25, 0.3) is 0 Å². The van der Waals surface area contributed by atoms with Crippen LogP contribution in [0.1, 0.15) is 59.9 Å². The van der Waals surface area contributed by atoms with Crippen LogP contribution >= 0.6 is 0 Å². The lowest BCUT2D eigenvalue weighted by molar-refractivity contribution is -0.142. The quantitative estimate of drug-likeness (QED) is 0.122. The molecule has 0 saturated heterocycles. The number of ether oxygens (including phenoxy) is 3. The number of alkyl carbamates (subject to hydrolysis) is 2. The standard InChI is InChI=1S/C28H43N5O9/c1-17(2)23(33-21(34)12-13-22(35)40-7)25(37)31-18(3)24(36)32-20-10-8-19(9-11-20)16-41-26(38)29-14-15-30-27(39)42-28(4,5)6/h8-11,17-18,23H,12-16H2,1-7H3,(H,29,38)(H,30,39)(H,31,37)(H,32,36)(H,33,34)/t18-,23-/m0/s1. The molecule has 14 nitrogen and oxygen atoms in total. The van der Waals surface area contributed by atoms with Crippen LogP contribution in [0, 0.1) is 5.92 Å². The van der Waals surface area contributed by atoms with E-state index in [-0.39, 0.29) is 38.5 Å². The van der Waals surface area contributed by atoms with E-state index in [4.69, 9.17) is 9.47 Å². The Bertz CT molecular complexity index is 1080. The minimum Gasteiger partial charge on any atom is -0.469 e. The zero-order chi connectivity index (χ0) is 31.9. The summed E-state index contributed by atoms with van der Waals surface area (Å²) >= 11 is 0. The molecule has 0 aliphatic heterocycles. The molecule has 0 bridgehead atoms. The molecule has 0 aliphatic rings. The maximum atomic E-state index is 12.7. The second kappa shape index (κ2) is 17.5. The minimum absolute atomic E-state index is 0.0199. The molecule has 1 rings (SSSR count). The van der Waals surface area contributed by atoms with Gasteiger partial charge in [-0.2, -0.15) is 0 Å². The first-order valence-electron chi connectivity index (χ1n) is 13.5. The number of esters is 1. The third-order valence-electron chi connectivity index (χ3n) is 5.46. The average molecular weight is 594 g/mol. The Morgan fingerprint density at radius 1 is 0.810 bits per heavy atom. The van der Waals surface area contributed by atoms with E-state index >= 15 is 0 Å². The van der Waals surface area contributed by atoms with Crippen LogP contribution in [0.3, 0.4) is 0 Å². The van der Waals surface area contributed by atoms with Crippen LogP contribution < -0.4 is 26.6 Å². The number of anilines is 1. The largest absolute Gasteiger partial charge is 0.469 e. The number of rotatable bonds is 14. The van der Waals surface area contributed by atoms with Gasteiger partial charge in [0.1, 0.15) is 24.3 Å². The van der Waals surface area contributed by atoms with Gasteiger partial charge in [0.25, 0.3) is 0 Å². The van der Waals surface area contributed by atoms with Crippen LogP contribution in [0.5, 0.6) is 0 Å². The third kappa shape index (κ3) is 14.9. The van der Waals surface area contributed by atoms with Crippen LogP contribution in [-0.2, 0) is 40.0 Å². The van der Waals surface area contributed by atoms with E-state index in [2.05, 4.69) is 31.3 Å². The molecule has 0 radical (unpaired) electrons. The normalized spacial score (nSPS) is 12.3. The van der Waals surface area contributed by atoms with Gasteiger partial charge in [-0.15, -0.1) is 0 Å². The fourth-order valence-electron chi connectivity index (χ4n) is 3.24. The lowest BCUT2D eigenvalue weighted by Crippen LogP contribution is -2.53. The van der Waals surface area contributed by atoms with Crippen molar-refractivity contribution < 1.29 is 43.0 Å². The Balaban J connectivity index is 2.47. The van der Waals surface area contributed by atoms with Gasteiger partial charge < -0.3 is 40.8 Å². The Labute approximate surface area is 246 Å². The van der Waals surface area contributed by atoms with E-state index in [1.165, 1.54) is 14.0 Å². The number of methoxy groups -OCH3 is 1. The topological polar surface area (TPSA) is 190 Å². The smallest absolute Gasteiger partial charge is 0.407 e. The van der Waals surface area contributed by atoms with Crippen molar-refractivity contribution in [3.8, 4) is 0 Å². The van der Waals surface area contributed by atoms with Gasteiger partial charge in [-0.3, -0.25) is 19.2 Å². The molecular weight excluding hydrogens is 550 g/mol. The van der Waals surface area contributed by atoms with Crippen molar-refractivity contribution in [2.75, 3.05) is 25.5 Å². The summed E-state index contributed by atoms with van der Waals surface area (Å²) in [5.74, 6) is -2.30. The molecule has 0 saturated carbocycles. The minimum atomic E-state index is -0.915. The summed E-state index contributed by atoms with van der Waals surface area (Å²) in [7, 11) is 1.22. The van der Waals surface area contributed by atoms with E-state index in [1.807, 2.05) is 0 Å². The summed E-state index contributed by atoms with van der Waals surface area (Å²) in [6.07, 6.45) is -1.49. The number of carbonyl (C=O) groups excluding carboxylic acids is 6. The first kappa shape index (κ1) is 35.7. The van der Waals surface area contributed by atoms with E-state index in [0.29, 0.717) is 11.3 Å². The highest BCUT2D eigenvalue weighted by Gasteiger charge is 2.27. The molecule has 1 aromatic carbocycles. The maximum absolute atomic E-state index is 12.7. The maximum Gasteiger partial charge on any atom is 0.407 e. The van der Waals surface area contributed by atoms with Crippen molar-refractivity contribution in [2.24, 2.45) is 5.92 Å². The highest BCUT2D eigenvalue weighted by Crippen LogP contribution is 2.12. The van der Waals surface area contributed by atoms with Gasteiger partial charge in [0.2, 0.25) is 17.7 Å². The SMILES string of the molecule is COC(=O)CCC(=O)N[C@H](C(=O)N[C@@H](C)C(=O)Nc1ccc(COC(=O)NCCNC(=O)OC(C)(C)C)cc1)C(C)C. The molecule has 234 valence electrons. The van der Waals surface area contributed by atoms with E-state index in [0.717, 1.165) is 0 Å². The van der Waals surface area contributed by atoms with Crippen molar-refractivity contribution in [3.63, 3.8) is 0 Å². The first-order chi connectivity index (χ1) is 19.6. The van der Waals surface area contributed by atoms with Gasteiger partial charge in [0.05, 0.1) is 13.5 Å². The molecule has 2 atom stereocenters. The van der Waals surface area contributed by atoms with E-state index in [1.54, 1.807) is 58.9 Å². The summed E-state index contributed by atoms with van der Waals surface area (Å²) < 4.78 is 14.7. The van der Waals surface area contributed by atoms with E-state index < -0.39 is 53.6 Å². The van der Waals surface area contributed by atoms with Gasteiger partial charge in [-0.25, -0.2) is 9.59 Å². The number of nitrogens with one attached hydrogen (secondary N) is 5. The predicted octanol–water partition coefficient (Wildman–Crippen LogP) is 1.97. The molecular formula is C28H43N5O9. The monoisotopic (exact) mass is 593 g/mol. The Hall–Kier alpha value is -4.36. The van der Waals surface area contributed by atoms with Gasteiger partial charge in [0.15, 0.2) is 0 Å². The molecule has 14 heteroatoms. The lowest BCUT2D eigenvalue weighted by atomic mass is 10.0. The zero-order valence-corrected chi connectivity index (χ0v) is 25.3. The molecule has 5 N–H and O–H groups in total. The zero-order valence-electron chi connectivity index (χ0n) is 25.3. The fraction of sp³-hybridized carbons (Fsp3) is 0.571. The third-order valence-corrected chi connectivity index (χ3v) is 5.46. The van der Waals surface area contributed by atoms with Crippen molar-refractivity contribution in [2.45, 2.75) is 78.7 Å². The first-order valence-corrected chi connectivity index (χ1v) is 13.5. The number of benzene rings is 1. The number of carbonyl (C=O) groups is 6. The molecule has 42 heavy (non-hydrogen) atoms. The average Bonchev–Trinajstić information content (AvgIpc) is 2.90. The van der Waals surface area contributed by atoms with Crippen LogP contribution in [-0.4, -0.2) is 73.8 Å². The summed E-state index contributed by atoms with van der Waals surface area (Å²) in [5, 5.41) is 12.9. The number of hydrogen-bond donors (Lipinski definition) is 5. The Kier molecular flexibility index (Phi) is 14.8. The van der Waals surface area contributed by atoms with Crippen LogP contribution in [0.2, 0.25) is 0 Å². The van der Waals surface area contributed by atoms with E-state index in [9.17, 15) is 28.8 Å². The van der Waals surface area contributed by atoms with Crippen molar-refractivity contribution >= 4 is 41.6 Å². The second-order valence-corrected chi connectivity index (χ2v) is 10.7. The predicted molar refractivity (Wildman–Crippen MR) is 153 cm³/mol. The summed E-state index contributed by atoms with van der Waals surface area (Å²) in [6.45, 7) is 10.5. The molecule has 0 unspecified atom stereocenters. The fourth-order valence-corrected chi connectivity index (χ4v) is 3.24. The summed E-state index contributed by atoms with van der Waals surface area (Å²) in [4.78, 5) is 72.2. The summed E-state index contributed by atoms with van der Waals surface area (Å²) in [5.41, 5.74) is 0.508. The number of amides is 5. The number of hydrogen-bond acceptors (Lipinski definition) is 9. The molecule has 1 aromatic rings. The molecule has 0 heterocycles. The van der Waals surface area contributed by atoms with Crippen LogP contribution in [0.4, 0.5) is 15.3 Å². The summed E-state index contributed by atoms with van der Waals surface area (Å²) in [6, 6.07) is 4.74. The van der Waals surface area contributed by atoms with Gasteiger partial charge >= 0.3 is 18.2 Å². The van der Waals surface area contributed by atoms with Crippen molar-refractivity contribution in [3.05, 3.63) is 29.8 Å². The van der Waals surface area contributed by atoms with Crippen molar-refractivity contribution in [1.29, 1.82) is 0 Å². The molecule has 0 aromatic heterocycles. The van der Waals surface area contributed by atoms with Gasteiger partial charge in [0, 0.05) is 25.2 Å². The Morgan fingerprint density at radius 2 is 1.40 bits per heavy atom. The van der Waals surface area contributed by atoms with Gasteiger partial charge in [-0.1, -0.05) is 26.0 Å². The van der Waals surface area contributed by atoms with Crippen molar-refractivity contribution in [1.82, 2.24) is 21.3 Å². The highest BCUT2D eigenvalue weighted by molar-refractivity contribution is 5.98. The Morgan fingerprint density at radius 3 is 1.95 bits per heavy atom. The molecule has 0 aliphatic carbocycles. The van der Waals surface area contributed by atoms with Gasteiger partial charge in [-0.05, 0) is 51.3 Å². The lowest BCUT2D eigenvalue weighted by Gasteiger charge is -2.23. The van der Waals surface area contributed by atoms with Crippen LogP contribution in [0.15, 0.2) is 24.3 Å². The second-order valence-electron chi connectivity index (χ2n) is 10.7. The highest BCUT2D eigenvalue weighted by atomic mass is 16.6. The molecule has 5 amide bonds. The molecule has 0 fully saturated rings. The molecule has 0 spiro atoms.